The molecule has 0 saturated heterocycles. The van der Waals surface area contributed by atoms with Crippen molar-refractivity contribution in [3.63, 3.8) is 0 Å². The molecule has 2 heterocycles. The van der Waals surface area contributed by atoms with Crippen LogP contribution in [0.4, 0.5) is 0 Å². The Kier molecular flexibility index (Phi) is 4.21. The van der Waals surface area contributed by atoms with Gasteiger partial charge in [0.15, 0.2) is 0 Å². The van der Waals surface area contributed by atoms with Crippen molar-refractivity contribution in [2.45, 2.75) is 32.7 Å². The van der Waals surface area contributed by atoms with Crippen LogP contribution in [0.3, 0.4) is 0 Å². The van der Waals surface area contributed by atoms with Gasteiger partial charge < -0.3 is 5.32 Å². The van der Waals surface area contributed by atoms with Gasteiger partial charge in [0.2, 0.25) is 0 Å². The third kappa shape index (κ3) is 3.14. The minimum atomic E-state index is 0.181. The molecule has 2 aromatic heterocycles. The molecule has 6 heteroatoms. The summed E-state index contributed by atoms with van der Waals surface area (Å²) in [6, 6.07) is 2.28. The lowest BCUT2D eigenvalue weighted by atomic mass is 9.99. The van der Waals surface area contributed by atoms with E-state index >= 15 is 0 Å². The standard InChI is InChI=1S/C13H20N6/c1-5-12-11(6-9(2)15-17-12)13(14-3)7-10-8-19(4)18-16-10/h6,8,13-14H,5,7H2,1-4H3. The molecular formula is C13H20N6. The van der Waals surface area contributed by atoms with Crippen LogP contribution in [0.15, 0.2) is 12.3 Å². The topological polar surface area (TPSA) is 68.5 Å². The minimum Gasteiger partial charge on any atom is -0.313 e. The summed E-state index contributed by atoms with van der Waals surface area (Å²) in [6.45, 7) is 4.06. The molecular weight excluding hydrogens is 240 g/mol. The first-order valence-corrected chi connectivity index (χ1v) is 6.49. The first kappa shape index (κ1) is 13.6. The normalized spacial score (nSPS) is 12.6. The van der Waals surface area contributed by atoms with Crippen molar-refractivity contribution in [2.24, 2.45) is 7.05 Å². The van der Waals surface area contributed by atoms with E-state index in [0.717, 1.165) is 29.9 Å². The van der Waals surface area contributed by atoms with Gasteiger partial charge >= 0.3 is 0 Å². The second-order valence-electron chi connectivity index (χ2n) is 4.67. The van der Waals surface area contributed by atoms with Gasteiger partial charge in [-0.1, -0.05) is 12.1 Å². The summed E-state index contributed by atoms with van der Waals surface area (Å²) in [5.74, 6) is 0. The van der Waals surface area contributed by atoms with Crippen molar-refractivity contribution in [3.05, 3.63) is 34.9 Å². The number of hydrogen-bond donors (Lipinski definition) is 1. The highest BCUT2D eigenvalue weighted by Crippen LogP contribution is 2.20. The van der Waals surface area contributed by atoms with Crippen molar-refractivity contribution < 1.29 is 0 Å². The molecule has 2 aromatic rings. The maximum Gasteiger partial charge on any atom is 0.0845 e. The minimum absolute atomic E-state index is 0.181. The highest BCUT2D eigenvalue weighted by molar-refractivity contribution is 5.26. The summed E-state index contributed by atoms with van der Waals surface area (Å²) in [7, 11) is 3.83. The lowest BCUT2D eigenvalue weighted by Gasteiger charge is -2.18. The van der Waals surface area contributed by atoms with Crippen LogP contribution in [-0.2, 0) is 19.9 Å². The Labute approximate surface area is 113 Å². The fraction of sp³-hybridized carbons (Fsp3) is 0.538. The van der Waals surface area contributed by atoms with Gasteiger partial charge in [-0.15, -0.1) is 5.10 Å². The Morgan fingerprint density at radius 3 is 2.68 bits per heavy atom. The van der Waals surface area contributed by atoms with Crippen molar-refractivity contribution >= 4 is 0 Å². The Bertz CT molecular complexity index is 548. The van der Waals surface area contributed by atoms with Crippen LogP contribution in [0.1, 0.15) is 35.6 Å². The zero-order valence-electron chi connectivity index (χ0n) is 11.9. The molecule has 102 valence electrons. The molecule has 0 fully saturated rings. The number of likely N-dealkylation sites (N-methyl/N-ethyl adjacent to an activating group) is 1. The van der Waals surface area contributed by atoms with Crippen molar-refractivity contribution in [3.8, 4) is 0 Å². The summed E-state index contributed by atoms with van der Waals surface area (Å²) >= 11 is 0. The largest absolute Gasteiger partial charge is 0.313 e. The second kappa shape index (κ2) is 5.88. The molecule has 0 saturated carbocycles. The first-order chi connectivity index (χ1) is 9.13. The van der Waals surface area contributed by atoms with Gasteiger partial charge in [0.25, 0.3) is 0 Å². The number of hydrogen-bond acceptors (Lipinski definition) is 5. The summed E-state index contributed by atoms with van der Waals surface area (Å²) < 4.78 is 1.72. The van der Waals surface area contributed by atoms with Gasteiger partial charge in [-0.25, -0.2) is 0 Å². The summed E-state index contributed by atoms with van der Waals surface area (Å²) in [6.07, 6.45) is 3.61. The van der Waals surface area contributed by atoms with E-state index in [4.69, 9.17) is 0 Å². The number of aromatic nitrogens is 5. The van der Waals surface area contributed by atoms with Crippen LogP contribution in [-0.4, -0.2) is 32.2 Å². The van der Waals surface area contributed by atoms with Crippen LogP contribution < -0.4 is 5.32 Å². The molecule has 19 heavy (non-hydrogen) atoms. The molecule has 2 rings (SSSR count). The van der Waals surface area contributed by atoms with E-state index in [1.807, 2.05) is 27.2 Å². The molecule has 1 atom stereocenters. The van der Waals surface area contributed by atoms with Crippen molar-refractivity contribution in [1.29, 1.82) is 0 Å². The molecule has 6 nitrogen and oxygen atoms in total. The number of aryl methyl sites for hydroxylation is 3. The Hall–Kier alpha value is -1.82. The molecule has 1 N–H and O–H groups in total. The molecule has 1 unspecified atom stereocenters. The number of nitrogens with zero attached hydrogens (tertiary/aromatic N) is 5. The quantitative estimate of drug-likeness (QED) is 0.868. The zero-order chi connectivity index (χ0) is 13.8. The maximum atomic E-state index is 4.28. The van der Waals surface area contributed by atoms with Crippen molar-refractivity contribution in [2.75, 3.05) is 7.05 Å². The Morgan fingerprint density at radius 2 is 2.11 bits per heavy atom. The van der Waals surface area contributed by atoms with E-state index in [9.17, 15) is 0 Å². The van der Waals surface area contributed by atoms with Gasteiger partial charge in [0, 0.05) is 25.7 Å². The molecule has 0 aromatic carbocycles. The van der Waals surface area contributed by atoms with E-state index in [-0.39, 0.29) is 6.04 Å². The van der Waals surface area contributed by atoms with Gasteiger partial charge in [0.1, 0.15) is 0 Å². The second-order valence-corrected chi connectivity index (χ2v) is 4.67. The third-order valence-corrected chi connectivity index (χ3v) is 3.15. The Morgan fingerprint density at radius 1 is 1.32 bits per heavy atom. The number of rotatable bonds is 5. The van der Waals surface area contributed by atoms with E-state index in [1.165, 1.54) is 5.56 Å². The maximum absolute atomic E-state index is 4.28. The van der Waals surface area contributed by atoms with E-state index in [1.54, 1.807) is 4.68 Å². The smallest absolute Gasteiger partial charge is 0.0845 e. The van der Waals surface area contributed by atoms with Crippen LogP contribution in [0.2, 0.25) is 0 Å². The van der Waals surface area contributed by atoms with Gasteiger partial charge in [0.05, 0.1) is 17.1 Å². The molecule has 0 aliphatic carbocycles. The predicted octanol–water partition coefficient (Wildman–Crippen LogP) is 0.979. The summed E-state index contributed by atoms with van der Waals surface area (Å²) in [5, 5.41) is 19.9. The highest BCUT2D eigenvalue weighted by atomic mass is 15.4. The fourth-order valence-corrected chi connectivity index (χ4v) is 2.18. The van der Waals surface area contributed by atoms with Gasteiger partial charge in [-0.05, 0) is 32.0 Å². The monoisotopic (exact) mass is 260 g/mol. The van der Waals surface area contributed by atoms with Crippen molar-refractivity contribution in [1.82, 2.24) is 30.5 Å². The molecule has 0 radical (unpaired) electrons. The van der Waals surface area contributed by atoms with Gasteiger partial charge in [-0.2, -0.15) is 10.2 Å². The van der Waals surface area contributed by atoms with E-state index in [0.29, 0.717) is 0 Å². The van der Waals surface area contributed by atoms with Crippen LogP contribution >= 0.6 is 0 Å². The van der Waals surface area contributed by atoms with Crippen LogP contribution in [0.25, 0.3) is 0 Å². The average molecular weight is 260 g/mol. The lowest BCUT2D eigenvalue weighted by molar-refractivity contribution is 0.571. The van der Waals surface area contributed by atoms with E-state index in [2.05, 4.69) is 38.8 Å². The van der Waals surface area contributed by atoms with E-state index < -0.39 is 0 Å². The third-order valence-electron chi connectivity index (χ3n) is 3.15. The molecule has 0 aliphatic rings. The molecule has 0 spiro atoms. The average Bonchev–Trinajstić information content (AvgIpc) is 2.81. The molecule has 0 aliphatic heterocycles. The zero-order valence-corrected chi connectivity index (χ0v) is 11.9. The first-order valence-electron chi connectivity index (χ1n) is 6.49. The Balaban J connectivity index is 2.28. The molecule has 0 amide bonds. The lowest BCUT2D eigenvalue weighted by Crippen LogP contribution is -2.21. The predicted molar refractivity (Wildman–Crippen MR) is 72.7 cm³/mol. The summed E-state index contributed by atoms with van der Waals surface area (Å²) in [5.41, 5.74) is 4.14. The highest BCUT2D eigenvalue weighted by Gasteiger charge is 2.17. The van der Waals surface area contributed by atoms with Crippen LogP contribution in [0.5, 0.6) is 0 Å². The van der Waals surface area contributed by atoms with Crippen LogP contribution in [0, 0.1) is 6.92 Å². The van der Waals surface area contributed by atoms with Gasteiger partial charge in [-0.3, -0.25) is 4.68 Å². The SMILES string of the molecule is CCc1nnc(C)cc1C(Cc1cn(C)nn1)NC. The summed E-state index contributed by atoms with van der Waals surface area (Å²) in [4.78, 5) is 0. The number of nitrogens with one attached hydrogen (secondary N) is 1. The fourth-order valence-electron chi connectivity index (χ4n) is 2.18. The molecule has 0 bridgehead atoms.